The molecule has 3 aromatic rings. The summed E-state index contributed by atoms with van der Waals surface area (Å²) in [6.45, 7) is 1.98. The third-order valence-corrected chi connectivity index (χ3v) is 2.28. The van der Waals surface area contributed by atoms with Crippen LogP contribution in [0.25, 0.3) is 17.0 Å². The Morgan fingerprint density at radius 3 is 3.00 bits per heavy atom. The van der Waals surface area contributed by atoms with Gasteiger partial charge in [0.25, 0.3) is 0 Å². The second-order valence-electron chi connectivity index (χ2n) is 3.29. The summed E-state index contributed by atoms with van der Waals surface area (Å²) in [5.41, 5.74) is 2.70. The van der Waals surface area contributed by atoms with E-state index in [4.69, 9.17) is 4.42 Å². The lowest BCUT2D eigenvalue weighted by atomic mass is 10.3. The normalized spacial score (nSPS) is 11.0. The van der Waals surface area contributed by atoms with Crippen molar-refractivity contribution in [2.75, 3.05) is 0 Å². The van der Waals surface area contributed by atoms with Gasteiger partial charge in [-0.25, -0.2) is 0 Å². The van der Waals surface area contributed by atoms with Crippen molar-refractivity contribution in [3.05, 3.63) is 36.4 Å². The first-order valence-corrected chi connectivity index (χ1v) is 4.56. The zero-order chi connectivity index (χ0) is 10.3. The van der Waals surface area contributed by atoms with E-state index in [0.717, 1.165) is 16.8 Å². The molecule has 0 bridgehead atoms. The third kappa shape index (κ3) is 1.13. The van der Waals surface area contributed by atoms with Crippen molar-refractivity contribution in [1.29, 1.82) is 0 Å². The summed E-state index contributed by atoms with van der Waals surface area (Å²) in [6.07, 6.45) is 4.96. The Hall–Kier alpha value is -2.17. The Morgan fingerprint density at radius 2 is 2.20 bits per heavy atom. The van der Waals surface area contributed by atoms with Crippen molar-refractivity contribution in [1.82, 2.24) is 19.8 Å². The Labute approximate surface area is 85.4 Å². The van der Waals surface area contributed by atoms with Gasteiger partial charge in [0.05, 0.1) is 11.8 Å². The Morgan fingerprint density at radius 1 is 1.27 bits per heavy atom. The highest BCUT2D eigenvalue weighted by Crippen LogP contribution is 2.18. The predicted octanol–water partition coefficient (Wildman–Crippen LogP) is 1.69. The van der Waals surface area contributed by atoms with E-state index in [0.29, 0.717) is 5.82 Å². The second-order valence-corrected chi connectivity index (χ2v) is 3.29. The Kier molecular flexibility index (Phi) is 1.58. The fourth-order valence-corrected chi connectivity index (χ4v) is 1.49. The van der Waals surface area contributed by atoms with E-state index < -0.39 is 0 Å². The molecule has 0 aliphatic heterocycles. The number of rotatable bonds is 1. The van der Waals surface area contributed by atoms with Crippen LogP contribution < -0.4 is 0 Å². The molecule has 3 aromatic heterocycles. The van der Waals surface area contributed by atoms with Crippen molar-refractivity contribution in [2.45, 2.75) is 6.92 Å². The van der Waals surface area contributed by atoms with Gasteiger partial charge in [0.15, 0.2) is 11.5 Å². The first-order chi connectivity index (χ1) is 7.36. The average molecular weight is 200 g/mol. The minimum Gasteiger partial charge on any atom is -0.472 e. The van der Waals surface area contributed by atoms with Gasteiger partial charge in [-0.2, -0.15) is 9.61 Å². The number of hydrogen-bond acceptors (Lipinski definition) is 4. The minimum atomic E-state index is 0.697. The lowest BCUT2D eigenvalue weighted by Crippen LogP contribution is -1.94. The van der Waals surface area contributed by atoms with E-state index in [1.807, 2.05) is 19.1 Å². The molecule has 74 valence electrons. The molecule has 3 heterocycles. The molecule has 5 nitrogen and oxygen atoms in total. The Balaban J connectivity index is 2.34. The molecule has 0 spiro atoms. The summed E-state index contributed by atoms with van der Waals surface area (Å²) in [4.78, 5) is 0. The fourth-order valence-electron chi connectivity index (χ4n) is 1.49. The minimum absolute atomic E-state index is 0.697. The molecule has 0 unspecified atom stereocenters. The van der Waals surface area contributed by atoms with Crippen LogP contribution in [0.5, 0.6) is 0 Å². The Bertz CT molecular complexity index is 597. The third-order valence-electron chi connectivity index (χ3n) is 2.28. The maximum Gasteiger partial charge on any atom is 0.188 e. The van der Waals surface area contributed by atoms with E-state index in [9.17, 15) is 0 Å². The van der Waals surface area contributed by atoms with E-state index in [2.05, 4.69) is 15.3 Å². The first kappa shape index (κ1) is 8.16. The summed E-state index contributed by atoms with van der Waals surface area (Å²) >= 11 is 0. The van der Waals surface area contributed by atoms with Gasteiger partial charge in [-0.3, -0.25) is 0 Å². The standard InChI is InChI=1S/C10H8N4O/c1-7-2-4-11-14-9(7)12-13-10(14)8-3-5-15-6-8/h2-6H,1H3. The van der Waals surface area contributed by atoms with Crippen LogP contribution >= 0.6 is 0 Å². The van der Waals surface area contributed by atoms with E-state index in [-0.39, 0.29) is 0 Å². The molecule has 0 aliphatic carbocycles. The van der Waals surface area contributed by atoms with Gasteiger partial charge in [-0.05, 0) is 24.6 Å². The number of nitrogens with zero attached hydrogens (tertiary/aromatic N) is 4. The van der Waals surface area contributed by atoms with Crippen molar-refractivity contribution in [3.63, 3.8) is 0 Å². The number of hydrogen-bond donors (Lipinski definition) is 0. The fraction of sp³-hybridized carbons (Fsp3) is 0.100. The zero-order valence-electron chi connectivity index (χ0n) is 8.08. The molecule has 0 aliphatic rings. The quantitative estimate of drug-likeness (QED) is 0.599. The first-order valence-electron chi connectivity index (χ1n) is 4.56. The maximum atomic E-state index is 5.01. The molecular weight excluding hydrogens is 192 g/mol. The molecule has 0 saturated heterocycles. The summed E-state index contributed by atoms with van der Waals surface area (Å²) < 4.78 is 6.72. The molecule has 0 aromatic carbocycles. The monoisotopic (exact) mass is 200 g/mol. The molecule has 3 rings (SSSR count). The van der Waals surface area contributed by atoms with Crippen LogP contribution in [0.3, 0.4) is 0 Å². The van der Waals surface area contributed by atoms with Gasteiger partial charge in [0, 0.05) is 6.20 Å². The topological polar surface area (TPSA) is 56.2 Å². The molecule has 0 radical (unpaired) electrons. The van der Waals surface area contributed by atoms with Crippen molar-refractivity contribution >= 4 is 5.65 Å². The van der Waals surface area contributed by atoms with Gasteiger partial charge in [-0.1, -0.05) is 0 Å². The summed E-state index contributed by atoms with van der Waals surface area (Å²) in [7, 11) is 0. The highest BCUT2D eigenvalue weighted by molar-refractivity contribution is 5.58. The summed E-state index contributed by atoms with van der Waals surface area (Å²) in [6, 6.07) is 3.74. The van der Waals surface area contributed by atoms with E-state index >= 15 is 0 Å². The van der Waals surface area contributed by atoms with E-state index in [1.54, 1.807) is 23.2 Å². The predicted molar refractivity (Wildman–Crippen MR) is 53.2 cm³/mol. The van der Waals surface area contributed by atoms with Gasteiger partial charge in [-0.15, -0.1) is 10.2 Å². The van der Waals surface area contributed by atoms with Crippen LogP contribution in [0.4, 0.5) is 0 Å². The van der Waals surface area contributed by atoms with Crippen molar-refractivity contribution < 1.29 is 4.42 Å². The van der Waals surface area contributed by atoms with Gasteiger partial charge in [0.2, 0.25) is 0 Å². The average Bonchev–Trinajstić information content (AvgIpc) is 2.85. The summed E-state index contributed by atoms with van der Waals surface area (Å²) in [5, 5.41) is 12.4. The van der Waals surface area contributed by atoms with Gasteiger partial charge >= 0.3 is 0 Å². The SMILES string of the molecule is Cc1ccnn2c(-c3ccoc3)nnc12. The van der Waals surface area contributed by atoms with Crippen LogP contribution in [-0.2, 0) is 0 Å². The number of furan rings is 1. The molecule has 0 N–H and O–H groups in total. The van der Waals surface area contributed by atoms with E-state index in [1.165, 1.54) is 0 Å². The highest BCUT2D eigenvalue weighted by Gasteiger charge is 2.10. The van der Waals surface area contributed by atoms with Gasteiger partial charge < -0.3 is 4.42 Å². The summed E-state index contributed by atoms with van der Waals surface area (Å²) in [5.74, 6) is 0.697. The highest BCUT2D eigenvalue weighted by atomic mass is 16.3. The van der Waals surface area contributed by atoms with Crippen LogP contribution in [0.15, 0.2) is 35.3 Å². The van der Waals surface area contributed by atoms with Crippen LogP contribution in [0, 0.1) is 6.92 Å². The largest absolute Gasteiger partial charge is 0.472 e. The second kappa shape index (κ2) is 2.91. The van der Waals surface area contributed by atoms with Crippen molar-refractivity contribution in [3.8, 4) is 11.4 Å². The van der Waals surface area contributed by atoms with Gasteiger partial charge in [0.1, 0.15) is 6.26 Å². The number of fused-ring (bicyclic) bond motifs is 1. The number of aromatic nitrogens is 4. The molecule has 0 atom stereocenters. The lowest BCUT2D eigenvalue weighted by molar-refractivity contribution is 0.567. The van der Waals surface area contributed by atoms with Crippen LogP contribution in [0.1, 0.15) is 5.56 Å². The molecule has 0 saturated carbocycles. The molecular formula is C10H8N4O. The molecule has 15 heavy (non-hydrogen) atoms. The van der Waals surface area contributed by atoms with Crippen molar-refractivity contribution in [2.24, 2.45) is 0 Å². The smallest absolute Gasteiger partial charge is 0.188 e. The maximum absolute atomic E-state index is 5.01. The number of aryl methyl sites for hydroxylation is 1. The molecule has 5 heteroatoms. The molecule has 0 amide bonds. The molecule has 0 fully saturated rings. The van der Waals surface area contributed by atoms with Crippen LogP contribution in [0.2, 0.25) is 0 Å². The lowest BCUT2D eigenvalue weighted by Gasteiger charge is -1.96. The van der Waals surface area contributed by atoms with Crippen LogP contribution in [-0.4, -0.2) is 19.8 Å². The zero-order valence-corrected chi connectivity index (χ0v) is 8.08.